The van der Waals surface area contributed by atoms with Gasteiger partial charge >= 0.3 is 0 Å². The molecular weight excluding hydrogens is 180 g/mol. The maximum absolute atomic E-state index is 9.08. The first-order valence-corrected chi connectivity index (χ1v) is 4.73. The van der Waals surface area contributed by atoms with E-state index in [-0.39, 0.29) is 6.10 Å². The molecule has 5 nitrogen and oxygen atoms in total. The van der Waals surface area contributed by atoms with Crippen LogP contribution in [0.5, 0.6) is 0 Å². The van der Waals surface area contributed by atoms with E-state index >= 15 is 0 Å². The number of aliphatic hydroxyl groups is 1. The molecule has 1 heterocycles. The second kappa shape index (κ2) is 3.79. The van der Waals surface area contributed by atoms with E-state index in [2.05, 4.69) is 15.3 Å². The van der Waals surface area contributed by atoms with Crippen molar-refractivity contribution in [2.45, 2.75) is 18.9 Å². The molecule has 1 fully saturated rings. The molecule has 2 rings (SSSR count). The third kappa shape index (κ3) is 2.11. The van der Waals surface area contributed by atoms with E-state index in [4.69, 9.17) is 10.8 Å². The number of nitrogens with two attached hydrogens (primary N) is 1. The summed E-state index contributed by atoms with van der Waals surface area (Å²) in [7, 11) is 0. The maximum Gasteiger partial charge on any atom is 0.222 e. The topological polar surface area (TPSA) is 84.1 Å². The summed E-state index contributed by atoms with van der Waals surface area (Å²) in [6.45, 7) is 0.820. The molecular formula is C9H14N4O. The molecule has 1 aromatic rings. The van der Waals surface area contributed by atoms with Crippen LogP contribution in [0.4, 0.5) is 11.6 Å². The molecule has 1 aliphatic carbocycles. The second-order valence-corrected chi connectivity index (χ2v) is 3.71. The van der Waals surface area contributed by atoms with E-state index in [1.54, 1.807) is 12.4 Å². The Morgan fingerprint density at radius 3 is 2.64 bits per heavy atom. The van der Waals surface area contributed by atoms with E-state index in [1.165, 1.54) is 0 Å². The zero-order chi connectivity index (χ0) is 9.97. The molecule has 1 saturated carbocycles. The number of anilines is 2. The molecule has 0 amide bonds. The molecule has 76 valence electrons. The highest BCUT2D eigenvalue weighted by molar-refractivity contribution is 5.35. The smallest absolute Gasteiger partial charge is 0.222 e. The van der Waals surface area contributed by atoms with Gasteiger partial charge in [0.05, 0.1) is 24.2 Å². The Morgan fingerprint density at radius 2 is 2.07 bits per heavy atom. The van der Waals surface area contributed by atoms with Crippen molar-refractivity contribution in [1.29, 1.82) is 0 Å². The number of hydrogen-bond donors (Lipinski definition) is 3. The fourth-order valence-corrected chi connectivity index (χ4v) is 1.53. The van der Waals surface area contributed by atoms with Crippen LogP contribution in [-0.2, 0) is 0 Å². The quantitative estimate of drug-likeness (QED) is 0.642. The Bertz CT molecular complexity index is 294. The van der Waals surface area contributed by atoms with Crippen LogP contribution in [0.15, 0.2) is 12.4 Å². The van der Waals surface area contributed by atoms with Crippen LogP contribution in [0.1, 0.15) is 12.8 Å². The lowest BCUT2D eigenvalue weighted by Gasteiger charge is -2.31. The van der Waals surface area contributed by atoms with Gasteiger partial charge in [-0.25, -0.2) is 9.97 Å². The molecule has 0 radical (unpaired) electrons. The molecule has 0 saturated heterocycles. The summed E-state index contributed by atoms with van der Waals surface area (Å²) >= 11 is 0. The summed E-state index contributed by atoms with van der Waals surface area (Å²) in [6, 6.07) is 0. The van der Waals surface area contributed by atoms with Gasteiger partial charge in [-0.3, -0.25) is 0 Å². The number of nitrogens with zero attached hydrogens (tertiary/aromatic N) is 2. The lowest BCUT2D eigenvalue weighted by Crippen LogP contribution is -2.33. The molecule has 1 aliphatic rings. The second-order valence-electron chi connectivity index (χ2n) is 3.71. The van der Waals surface area contributed by atoms with Crippen molar-refractivity contribution in [3.63, 3.8) is 0 Å². The van der Waals surface area contributed by atoms with Gasteiger partial charge in [0.15, 0.2) is 0 Å². The Morgan fingerprint density at radius 1 is 1.43 bits per heavy atom. The molecule has 0 spiro atoms. The summed E-state index contributed by atoms with van der Waals surface area (Å²) in [4.78, 5) is 8.04. The normalized spacial score (nSPS) is 25.5. The van der Waals surface area contributed by atoms with Crippen LogP contribution in [0, 0.1) is 5.92 Å². The van der Waals surface area contributed by atoms with Crippen molar-refractivity contribution in [1.82, 2.24) is 9.97 Å². The molecule has 14 heavy (non-hydrogen) atoms. The van der Waals surface area contributed by atoms with Crippen LogP contribution in [0.25, 0.3) is 0 Å². The summed E-state index contributed by atoms with van der Waals surface area (Å²) in [6.07, 6.45) is 4.80. The first kappa shape index (κ1) is 9.21. The Labute approximate surface area is 82.4 Å². The van der Waals surface area contributed by atoms with Crippen LogP contribution < -0.4 is 11.1 Å². The predicted molar refractivity (Wildman–Crippen MR) is 53.7 cm³/mol. The van der Waals surface area contributed by atoms with Crippen molar-refractivity contribution >= 4 is 11.6 Å². The lowest BCUT2D eigenvalue weighted by atomic mass is 9.82. The van der Waals surface area contributed by atoms with Gasteiger partial charge in [0.1, 0.15) is 0 Å². The van der Waals surface area contributed by atoms with Gasteiger partial charge in [-0.05, 0) is 18.8 Å². The summed E-state index contributed by atoms with van der Waals surface area (Å²) in [5.41, 5.74) is 6.02. The minimum absolute atomic E-state index is 0.103. The molecule has 0 aromatic carbocycles. The third-order valence-corrected chi connectivity index (χ3v) is 2.43. The molecule has 0 aliphatic heterocycles. The lowest BCUT2D eigenvalue weighted by molar-refractivity contribution is 0.0486. The molecule has 1 aromatic heterocycles. The molecule has 0 unspecified atom stereocenters. The highest BCUT2D eigenvalue weighted by atomic mass is 16.3. The largest absolute Gasteiger partial charge is 0.396 e. The SMILES string of the molecule is Nc1cnc(NCC2CC(O)C2)nc1. The fourth-order valence-electron chi connectivity index (χ4n) is 1.53. The highest BCUT2D eigenvalue weighted by Gasteiger charge is 2.26. The Hall–Kier alpha value is -1.36. The number of nitrogens with one attached hydrogen (secondary N) is 1. The van der Waals surface area contributed by atoms with Crippen LogP contribution in [0.3, 0.4) is 0 Å². The Kier molecular flexibility index (Phi) is 2.49. The standard InChI is InChI=1S/C9H14N4O/c10-7-4-12-9(13-5-7)11-3-6-1-8(14)2-6/h4-6,8,14H,1-3,10H2,(H,11,12,13). The maximum atomic E-state index is 9.08. The minimum Gasteiger partial charge on any atom is -0.396 e. The van der Waals surface area contributed by atoms with E-state index in [9.17, 15) is 0 Å². The zero-order valence-electron chi connectivity index (χ0n) is 7.85. The molecule has 0 bridgehead atoms. The van der Waals surface area contributed by atoms with Gasteiger partial charge in [0.2, 0.25) is 5.95 Å². The number of nitrogen functional groups attached to an aromatic ring is 1. The number of aromatic nitrogens is 2. The molecule has 5 heteroatoms. The first-order valence-electron chi connectivity index (χ1n) is 4.73. The van der Waals surface area contributed by atoms with Gasteiger partial charge in [0, 0.05) is 6.54 Å². The number of hydrogen-bond acceptors (Lipinski definition) is 5. The number of rotatable bonds is 3. The van der Waals surface area contributed by atoms with Gasteiger partial charge < -0.3 is 16.2 Å². The minimum atomic E-state index is -0.103. The molecule has 0 atom stereocenters. The monoisotopic (exact) mass is 194 g/mol. The summed E-state index contributed by atoms with van der Waals surface area (Å²) < 4.78 is 0. The van der Waals surface area contributed by atoms with E-state index in [0.717, 1.165) is 19.4 Å². The van der Waals surface area contributed by atoms with Crippen molar-refractivity contribution in [2.75, 3.05) is 17.6 Å². The van der Waals surface area contributed by atoms with E-state index < -0.39 is 0 Å². The summed E-state index contributed by atoms with van der Waals surface area (Å²) in [5, 5.41) is 12.2. The predicted octanol–water partition coefficient (Wildman–Crippen LogP) is 0.242. The van der Waals surface area contributed by atoms with Crippen LogP contribution >= 0.6 is 0 Å². The Balaban J connectivity index is 1.78. The van der Waals surface area contributed by atoms with Gasteiger partial charge in [-0.2, -0.15) is 0 Å². The first-order chi connectivity index (χ1) is 6.74. The van der Waals surface area contributed by atoms with Gasteiger partial charge in [0.25, 0.3) is 0 Å². The highest BCUT2D eigenvalue weighted by Crippen LogP contribution is 2.26. The van der Waals surface area contributed by atoms with E-state index in [0.29, 0.717) is 17.6 Å². The van der Waals surface area contributed by atoms with Crippen molar-refractivity contribution < 1.29 is 5.11 Å². The third-order valence-electron chi connectivity index (χ3n) is 2.43. The fraction of sp³-hybridized carbons (Fsp3) is 0.556. The molecule has 4 N–H and O–H groups in total. The van der Waals surface area contributed by atoms with E-state index in [1.807, 2.05) is 0 Å². The van der Waals surface area contributed by atoms with Crippen molar-refractivity contribution in [2.24, 2.45) is 5.92 Å². The van der Waals surface area contributed by atoms with Crippen LogP contribution in [0.2, 0.25) is 0 Å². The zero-order valence-corrected chi connectivity index (χ0v) is 7.85. The average molecular weight is 194 g/mol. The summed E-state index contributed by atoms with van der Waals surface area (Å²) in [5.74, 6) is 1.15. The number of aliphatic hydroxyl groups excluding tert-OH is 1. The van der Waals surface area contributed by atoms with Crippen LogP contribution in [-0.4, -0.2) is 27.7 Å². The van der Waals surface area contributed by atoms with Crippen molar-refractivity contribution in [3.8, 4) is 0 Å². The average Bonchev–Trinajstić information content (AvgIpc) is 2.13. The van der Waals surface area contributed by atoms with Crippen molar-refractivity contribution in [3.05, 3.63) is 12.4 Å². The van der Waals surface area contributed by atoms with Gasteiger partial charge in [-0.1, -0.05) is 0 Å². The van der Waals surface area contributed by atoms with Gasteiger partial charge in [-0.15, -0.1) is 0 Å².